The Morgan fingerprint density at radius 1 is 1.30 bits per heavy atom. The second kappa shape index (κ2) is 8.47. The zero-order chi connectivity index (χ0) is 14.2. The SMILES string of the molecule is CN(CC1CCCC1)C(=O)NCCOCC1CCCO1. The molecule has 1 aliphatic carbocycles. The number of nitrogens with zero attached hydrogens (tertiary/aromatic N) is 1. The van der Waals surface area contributed by atoms with E-state index in [4.69, 9.17) is 9.47 Å². The van der Waals surface area contributed by atoms with Crippen molar-refractivity contribution in [1.29, 1.82) is 0 Å². The van der Waals surface area contributed by atoms with E-state index in [1.54, 1.807) is 4.90 Å². The first-order valence-electron chi connectivity index (χ1n) is 7.94. The first-order chi connectivity index (χ1) is 9.75. The van der Waals surface area contributed by atoms with Crippen LogP contribution < -0.4 is 5.32 Å². The maximum atomic E-state index is 11.9. The van der Waals surface area contributed by atoms with Crippen LogP contribution in [0, 0.1) is 5.92 Å². The minimum Gasteiger partial charge on any atom is -0.377 e. The quantitative estimate of drug-likeness (QED) is 0.728. The van der Waals surface area contributed by atoms with Gasteiger partial charge in [0.25, 0.3) is 0 Å². The van der Waals surface area contributed by atoms with Gasteiger partial charge in [-0.15, -0.1) is 0 Å². The highest BCUT2D eigenvalue weighted by Crippen LogP contribution is 2.25. The second-order valence-corrected chi connectivity index (χ2v) is 5.97. The molecular formula is C15H28N2O3. The molecule has 0 bridgehead atoms. The van der Waals surface area contributed by atoms with Crippen molar-refractivity contribution < 1.29 is 14.3 Å². The monoisotopic (exact) mass is 284 g/mol. The zero-order valence-corrected chi connectivity index (χ0v) is 12.6. The number of hydrogen-bond acceptors (Lipinski definition) is 3. The minimum atomic E-state index is 0.0117. The molecule has 1 heterocycles. The molecule has 1 saturated carbocycles. The van der Waals surface area contributed by atoms with Crippen molar-refractivity contribution in [3.8, 4) is 0 Å². The Balaban J connectivity index is 1.48. The summed E-state index contributed by atoms with van der Waals surface area (Å²) in [6.07, 6.45) is 7.65. The molecule has 2 fully saturated rings. The van der Waals surface area contributed by atoms with Crippen molar-refractivity contribution in [3.63, 3.8) is 0 Å². The Kier molecular flexibility index (Phi) is 6.60. The van der Waals surface area contributed by atoms with E-state index in [0.717, 1.165) is 26.0 Å². The lowest BCUT2D eigenvalue weighted by Crippen LogP contribution is -2.41. The Bertz CT molecular complexity index is 287. The van der Waals surface area contributed by atoms with Crippen LogP contribution in [0.4, 0.5) is 4.79 Å². The fourth-order valence-electron chi connectivity index (χ4n) is 3.02. The van der Waals surface area contributed by atoms with E-state index in [2.05, 4.69) is 5.32 Å². The highest BCUT2D eigenvalue weighted by molar-refractivity contribution is 5.73. The van der Waals surface area contributed by atoms with Gasteiger partial charge in [0.2, 0.25) is 0 Å². The molecule has 5 nitrogen and oxygen atoms in total. The molecule has 0 aromatic rings. The summed E-state index contributed by atoms with van der Waals surface area (Å²) >= 11 is 0. The molecule has 2 aliphatic rings. The third-order valence-electron chi connectivity index (χ3n) is 4.20. The highest BCUT2D eigenvalue weighted by Gasteiger charge is 2.19. The number of rotatable bonds is 7. The summed E-state index contributed by atoms with van der Waals surface area (Å²) in [4.78, 5) is 13.7. The van der Waals surface area contributed by atoms with E-state index in [-0.39, 0.29) is 12.1 Å². The zero-order valence-electron chi connectivity index (χ0n) is 12.6. The van der Waals surface area contributed by atoms with E-state index in [0.29, 0.717) is 25.7 Å². The van der Waals surface area contributed by atoms with Gasteiger partial charge in [-0.05, 0) is 31.6 Å². The number of carbonyl (C=O) groups excluding carboxylic acids is 1. The van der Waals surface area contributed by atoms with Gasteiger partial charge in [-0.2, -0.15) is 0 Å². The Morgan fingerprint density at radius 2 is 2.10 bits per heavy atom. The molecule has 0 spiro atoms. The molecule has 116 valence electrons. The molecule has 2 rings (SSSR count). The van der Waals surface area contributed by atoms with Gasteiger partial charge in [0.1, 0.15) is 0 Å². The molecule has 5 heteroatoms. The molecule has 2 amide bonds. The summed E-state index contributed by atoms with van der Waals surface area (Å²) in [5, 5.41) is 2.90. The van der Waals surface area contributed by atoms with Crippen LogP contribution in [0.15, 0.2) is 0 Å². The number of hydrogen-bond donors (Lipinski definition) is 1. The molecule has 0 aromatic heterocycles. The summed E-state index contributed by atoms with van der Waals surface area (Å²) < 4.78 is 11.0. The number of nitrogens with one attached hydrogen (secondary N) is 1. The van der Waals surface area contributed by atoms with Crippen LogP contribution >= 0.6 is 0 Å². The average Bonchev–Trinajstić information content (AvgIpc) is 3.11. The van der Waals surface area contributed by atoms with E-state index < -0.39 is 0 Å². The normalized spacial score (nSPS) is 23.1. The molecule has 1 atom stereocenters. The van der Waals surface area contributed by atoms with Gasteiger partial charge < -0.3 is 19.7 Å². The van der Waals surface area contributed by atoms with Crippen molar-refractivity contribution in [2.24, 2.45) is 5.92 Å². The average molecular weight is 284 g/mol. The number of amides is 2. The standard InChI is InChI=1S/C15H28N2O3/c1-17(11-13-5-2-3-6-13)15(18)16-8-10-19-12-14-7-4-9-20-14/h13-14H,2-12H2,1H3,(H,16,18). The Labute approximate surface area is 122 Å². The molecule has 1 saturated heterocycles. The molecule has 1 N–H and O–H groups in total. The second-order valence-electron chi connectivity index (χ2n) is 5.97. The van der Waals surface area contributed by atoms with Crippen LogP contribution in [0.5, 0.6) is 0 Å². The molecule has 1 unspecified atom stereocenters. The molecule has 20 heavy (non-hydrogen) atoms. The van der Waals surface area contributed by atoms with Gasteiger partial charge in [-0.1, -0.05) is 12.8 Å². The van der Waals surface area contributed by atoms with Crippen LogP contribution in [0.25, 0.3) is 0 Å². The first kappa shape index (κ1) is 15.6. The molecule has 0 aromatic carbocycles. The summed E-state index contributed by atoms with van der Waals surface area (Å²) in [6, 6.07) is 0.0117. The summed E-state index contributed by atoms with van der Waals surface area (Å²) in [5.41, 5.74) is 0. The lowest BCUT2D eigenvalue weighted by atomic mass is 10.1. The Morgan fingerprint density at radius 3 is 2.80 bits per heavy atom. The van der Waals surface area contributed by atoms with Crippen LogP contribution in [0.2, 0.25) is 0 Å². The van der Waals surface area contributed by atoms with Crippen LogP contribution in [-0.2, 0) is 9.47 Å². The predicted molar refractivity (Wildman–Crippen MR) is 77.8 cm³/mol. The van der Waals surface area contributed by atoms with Crippen molar-refractivity contribution in [2.75, 3.05) is 40.0 Å². The smallest absolute Gasteiger partial charge is 0.317 e. The molecule has 0 radical (unpaired) electrons. The van der Waals surface area contributed by atoms with Crippen molar-refractivity contribution >= 4 is 6.03 Å². The van der Waals surface area contributed by atoms with Gasteiger partial charge in [0.05, 0.1) is 19.3 Å². The van der Waals surface area contributed by atoms with E-state index in [1.165, 1.54) is 25.7 Å². The number of urea groups is 1. The minimum absolute atomic E-state index is 0.0117. The van der Waals surface area contributed by atoms with Crippen LogP contribution in [0.3, 0.4) is 0 Å². The lowest BCUT2D eigenvalue weighted by Gasteiger charge is -2.21. The fraction of sp³-hybridized carbons (Fsp3) is 0.933. The van der Waals surface area contributed by atoms with Gasteiger partial charge in [-0.3, -0.25) is 0 Å². The van der Waals surface area contributed by atoms with Crippen molar-refractivity contribution in [1.82, 2.24) is 10.2 Å². The highest BCUT2D eigenvalue weighted by atomic mass is 16.5. The van der Waals surface area contributed by atoms with Crippen LogP contribution in [-0.4, -0.2) is 57.0 Å². The fourth-order valence-corrected chi connectivity index (χ4v) is 3.02. The maximum absolute atomic E-state index is 11.9. The summed E-state index contributed by atoms with van der Waals surface area (Å²) in [6.45, 7) is 3.51. The number of carbonyl (C=O) groups is 1. The van der Waals surface area contributed by atoms with Crippen molar-refractivity contribution in [2.45, 2.75) is 44.6 Å². The van der Waals surface area contributed by atoms with E-state index in [9.17, 15) is 4.79 Å². The predicted octanol–water partition coefficient (Wildman–Crippen LogP) is 2.01. The largest absolute Gasteiger partial charge is 0.377 e. The summed E-state index contributed by atoms with van der Waals surface area (Å²) in [7, 11) is 1.88. The van der Waals surface area contributed by atoms with Gasteiger partial charge >= 0.3 is 6.03 Å². The topological polar surface area (TPSA) is 50.8 Å². The third-order valence-corrected chi connectivity index (χ3v) is 4.20. The van der Waals surface area contributed by atoms with Gasteiger partial charge in [-0.25, -0.2) is 4.79 Å². The van der Waals surface area contributed by atoms with Gasteiger partial charge in [0, 0.05) is 26.7 Å². The molecular weight excluding hydrogens is 256 g/mol. The van der Waals surface area contributed by atoms with E-state index in [1.807, 2.05) is 7.05 Å². The summed E-state index contributed by atoms with van der Waals surface area (Å²) in [5.74, 6) is 0.696. The number of ether oxygens (including phenoxy) is 2. The van der Waals surface area contributed by atoms with Crippen molar-refractivity contribution in [3.05, 3.63) is 0 Å². The van der Waals surface area contributed by atoms with Crippen LogP contribution in [0.1, 0.15) is 38.5 Å². The molecule has 1 aliphatic heterocycles. The third kappa shape index (κ3) is 5.29. The first-order valence-corrected chi connectivity index (χ1v) is 7.94. The Hall–Kier alpha value is -0.810. The lowest BCUT2D eigenvalue weighted by molar-refractivity contribution is 0.0186. The van der Waals surface area contributed by atoms with Gasteiger partial charge in [0.15, 0.2) is 0 Å². The van der Waals surface area contributed by atoms with E-state index >= 15 is 0 Å². The maximum Gasteiger partial charge on any atom is 0.317 e.